The summed E-state index contributed by atoms with van der Waals surface area (Å²) in [5, 5.41) is 3.21. The van der Waals surface area contributed by atoms with Crippen LogP contribution in [0.3, 0.4) is 0 Å². The van der Waals surface area contributed by atoms with Gasteiger partial charge in [0, 0.05) is 22.9 Å². The molecular formula is C28H27NO5. The maximum atomic E-state index is 12.9. The predicted octanol–water partition coefficient (Wildman–Crippen LogP) is 6.03. The standard InChI is InChI=1S/C28H27NO5/c1-28(2,3)19-9-6-17(7-10-19)25-16-22(30)21-15-20(11-13-23(21)34-25)29-27(31)18-8-12-24(32-4)26(14-18)33-5/h6-16H,1-5H3,(H,29,31). The molecule has 34 heavy (non-hydrogen) atoms. The van der Waals surface area contributed by atoms with Crippen molar-refractivity contribution in [3.05, 3.63) is 88.1 Å². The van der Waals surface area contributed by atoms with Crippen LogP contribution in [0.2, 0.25) is 0 Å². The lowest BCUT2D eigenvalue weighted by Crippen LogP contribution is -2.12. The Kier molecular flexibility index (Phi) is 6.16. The van der Waals surface area contributed by atoms with Gasteiger partial charge in [0.15, 0.2) is 16.9 Å². The van der Waals surface area contributed by atoms with E-state index in [4.69, 9.17) is 13.9 Å². The third-order valence-electron chi connectivity index (χ3n) is 5.67. The summed E-state index contributed by atoms with van der Waals surface area (Å²) < 4.78 is 16.5. The molecule has 0 aliphatic rings. The average Bonchev–Trinajstić information content (AvgIpc) is 2.83. The van der Waals surface area contributed by atoms with Crippen LogP contribution >= 0.6 is 0 Å². The van der Waals surface area contributed by atoms with Crippen LogP contribution in [-0.2, 0) is 5.41 Å². The van der Waals surface area contributed by atoms with Crippen molar-refractivity contribution >= 4 is 22.6 Å². The summed E-state index contributed by atoms with van der Waals surface area (Å²) >= 11 is 0. The van der Waals surface area contributed by atoms with Crippen molar-refractivity contribution in [3.8, 4) is 22.8 Å². The van der Waals surface area contributed by atoms with Crippen molar-refractivity contribution in [2.75, 3.05) is 19.5 Å². The van der Waals surface area contributed by atoms with Gasteiger partial charge in [0.2, 0.25) is 0 Å². The minimum absolute atomic E-state index is 0.0422. The highest BCUT2D eigenvalue weighted by atomic mass is 16.5. The van der Waals surface area contributed by atoms with Crippen LogP contribution < -0.4 is 20.2 Å². The molecule has 6 heteroatoms. The molecule has 0 atom stereocenters. The Bertz CT molecular complexity index is 1410. The Morgan fingerprint density at radius 2 is 1.56 bits per heavy atom. The second-order valence-electron chi connectivity index (χ2n) is 9.04. The molecule has 0 saturated heterocycles. The molecule has 1 amide bonds. The van der Waals surface area contributed by atoms with Gasteiger partial charge in [-0.3, -0.25) is 9.59 Å². The highest BCUT2D eigenvalue weighted by molar-refractivity contribution is 6.05. The van der Waals surface area contributed by atoms with Gasteiger partial charge >= 0.3 is 0 Å². The van der Waals surface area contributed by atoms with Gasteiger partial charge in [-0.15, -0.1) is 0 Å². The summed E-state index contributed by atoms with van der Waals surface area (Å²) in [5.74, 6) is 1.16. The fraction of sp³-hybridized carbons (Fsp3) is 0.214. The van der Waals surface area contributed by atoms with Crippen LogP contribution in [0.25, 0.3) is 22.3 Å². The zero-order valence-electron chi connectivity index (χ0n) is 19.9. The molecule has 0 bridgehead atoms. The lowest BCUT2D eigenvalue weighted by Gasteiger charge is -2.19. The van der Waals surface area contributed by atoms with Gasteiger partial charge in [-0.25, -0.2) is 0 Å². The topological polar surface area (TPSA) is 77.8 Å². The SMILES string of the molecule is COc1ccc(C(=O)Nc2ccc3oc(-c4ccc(C(C)(C)C)cc4)cc(=O)c3c2)cc1OC. The van der Waals surface area contributed by atoms with E-state index in [0.29, 0.717) is 39.5 Å². The highest BCUT2D eigenvalue weighted by Gasteiger charge is 2.15. The molecule has 6 nitrogen and oxygen atoms in total. The van der Waals surface area contributed by atoms with Crippen LogP contribution in [0.1, 0.15) is 36.7 Å². The number of benzene rings is 3. The van der Waals surface area contributed by atoms with E-state index in [1.807, 2.05) is 24.3 Å². The van der Waals surface area contributed by atoms with Gasteiger partial charge in [-0.05, 0) is 47.4 Å². The van der Waals surface area contributed by atoms with E-state index in [0.717, 1.165) is 5.56 Å². The molecule has 0 aliphatic heterocycles. The highest BCUT2D eigenvalue weighted by Crippen LogP contribution is 2.29. The lowest BCUT2D eigenvalue weighted by molar-refractivity contribution is 0.102. The minimum atomic E-state index is -0.333. The molecular weight excluding hydrogens is 430 g/mol. The smallest absolute Gasteiger partial charge is 0.255 e. The first kappa shape index (κ1) is 23.1. The average molecular weight is 458 g/mol. The van der Waals surface area contributed by atoms with E-state index in [1.54, 1.807) is 36.4 Å². The summed E-state index contributed by atoms with van der Waals surface area (Å²) in [4.78, 5) is 25.6. The molecule has 1 N–H and O–H groups in total. The largest absolute Gasteiger partial charge is 0.493 e. The van der Waals surface area contributed by atoms with E-state index in [-0.39, 0.29) is 16.8 Å². The number of amides is 1. The molecule has 1 heterocycles. The number of nitrogens with one attached hydrogen (secondary N) is 1. The molecule has 0 fully saturated rings. The van der Waals surface area contributed by atoms with Gasteiger partial charge in [-0.1, -0.05) is 45.0 Å². The molecule has 3 aromatic carbocycles. The molecule has 4 rings (SSSR count). The minimum Gasteiger partial charge on any atom is -0.493 e. The number of carbonyl (C=O) groups excluding carboxylic acids is 1. The first-order valence-electron chi connectivity index (χ1n) is 10.9. The van der Waals surface area contributed by atoms with Gasteiger partial charge in [-0.2, -0.15) is 0 Å². The summed E-state index contributed by atoms with van der Waals surface area (Å²) in [6.45, 7) is 6.46. The maximum absolute atomic E-state index is 12.9. The number of methoxy groups -OCH3 is 2. The van der Waals surface area contributed by atoms with Gasteiger partial charge in [0.25, 0.3) is 5.91 Å². The summed E-state index contributed by atoms with van der Waals surface area (Å²) in [7, 11) is 3.04. The van der Waals surface area contributed by atoms with Crippen LogP contribution in [0.15, 0.2) is 75.9 Å². The number of hydrogen-bond donors (Lipinski definition) is 1. The third-order valence-corrected chi connectivity index (χ3v) is 5.67. The maximum Gasteiger partial charge on any atom is 0.255 e. The van der Waals surface area contributed by atoms with Crippen molar-refractivity contribution in [1.82, 2.24) is 0 Å². The van der Waals surface area contributed by atoms with Crippen molar-refractivity contribution in [2.24, 2.45) is 0 Å². The van der Waals surface area contributed by atoms with Gasteiger partial charge in [0.05, 0.1) is 19.6 Å². The number of rotatable bonds is 5. The van der Waals surface area contributed by atoms with Crippen molar-refractivity contribution in [1.29, 1.82) is 0 Å². The van der Waals surface area contributed by atoms with Crippen LogP contribution in [0, 0.1) is 0 Å². The van der Waals surface area contributed by atoms with Gasteiger partial charge in [0.1, 0.15) is 11.3 Å². The third kappa shape index (κ3) is 4.66. The second-order valence-corrected chi connectivity index (χ2v) is 9.04. The van der Waals surface area contributed by atoms with Crippen molar-refractivity contribution in [2.45, 2.75) is 26.2 Å². The van der Waals surface area contributed by atoms with Crippen molar-refractivity contribution < 1.29 is 18.7 Å². The van der Waals surface area contributed by atoms with E-state index in [1.165, 1.54) is 25.8 Å². The Labute approximate surface area is 198 Å². The normalized spacial score (nSPS) is 11.3. The van der Waals surface area contributed by atoms with E-state index in [9.17, 15) is 9.59 Å². The number of anilines is 1. The lowest BCUT2D eigenvalue weighted by atomic mass is 9.86. The van der Waals surface area contributed by atoms with E-state index >= 15 is 0 Å². The number of ether oxygens (including phenoxy) is 2. The van der Waals surface area contributed by atoms with Crippen LogP contribution in [-0.4, -0.2) is 20.1 Å². The zero-order valence-corrected chi connectivity index (χ0v) is 19.9. The quantitative estimate of drug-likeness (QED) is 0.396. The van der Waals surface area contributed by atoms with Crippen LogP contribution in [0.5, 0.6) is 11.5 Å². The Hall–Kier alpha value is -4.06. The number of carbonyl (C=O) groups is 1. The molecule has 4 aromatic rings. The molecule has 0 radical (unpaired) electrons. The second kappa shape index (κ2) is 9.06. The fourth-order valence-electron chi connectivity index (χ4n) is 3.69. The molecule has 0 spiro atoms. The molecule has 1 aromatic heterocycles. The Morgan fingerprint density at radius 1 is 0.853 bits per heavy atom. The first-order chi connectivity index (χ1) is 16.2. The predicted molar refractivity (Wildman–Crippen MR) is 134 cm³/mol. The molecule has 0 aliphatic carbocycles. The summed E-state index contributed by atoms with van der Waals surface area (Å²) in [6, 6.07) is 19.4. The fourth-order valence-corrected chi connectivity index (χ4v) is 3.69. The van der Waals surface area contributed by atoms with E-state index in [2.05, 4.69) is 26.1 Å². The first-order valence-corrected chi connectivity index (χ1v) is 10.9. The summed E-state index contributed by atoms with van der Waals surface area (Å²) in [5.41, 5.74) is 3.23. The number of fused-ring (bicyclic) bond motifs is 1. The Balaban J connectivity index is 1.61. The van der Waals surface area contributed by atoms with Crippen molar-refractivity contribution in [3.63, 3.8) is 0 Å². The van der Waals surface area contributed by atoms with E-state index < -0.39 is 0 Å². The monoisotopic (exact) mass is 457 g/mol. The molecule has 0 saturated carbocycles. The van der Waals surface area contributed by atoms with Crippen LogP contribution in [0.4, 0.5) is 5.69 Å². The zero-order chi connectivity index (χ0) is 24.5. The Morgan fingerprint density at radius 3 is 2.21 bits per heavy atom. The van der Waals surface area contributed by atoms with Gasteiger partial charge < -0.3 is 19.2 Å². The summed E-state index contributed by atoms with van der Waals surface area (Å²) in [6.07, 6.45) is 0. The molecule has 0 unspecified atom stereocenters. The molecule has 174 valence electrons. The number of hydrogen-bond acceptors (Lipinski definition) is 5.